The Hall–Kier alpha value is -1.43. The minimum absolute atomic E-state index is 0.125. The Bertz CT molecular complexity index is 496. The van der Waals surface area contributed by atoms with E-state index in [0.29, 0.717) is 12.2 Å². The van der Waals surface area contributed by atoms with Gasteiger partial charge in [0.2, 0.25) is 0 Å². The Morgan fingerprint density at radius 1 is 1.28 bits per heavy atom. The molecule has 2 saturated heterocycles. The Kier molecular flexibility index (Phi) is 2.81. The van der Waals surface area contributed by atoms with Gasteiger partial charge in [0.05, 0.1) is 11.9 Å². The highest BCUT2D eigenvalue weighted by Gasteiger charge is 2.46. The van der Waals surface area contributed by atoms with Crippen molar-refractivity contribution in [2.24, 2.45) is 0 Å². The van der Waals surface area contributed by atoms with E-state index in [0.717, 1.165) is 23.7 Å². The molecule has 3 heterocycles. The van der Waals surface area contributed by atoms with E-state index in [4.69, 9.17) is 0 Å². The lowest BCUT2D eigenvalue weighted by Gasteiger charge is -2.25. The molecule has 2 aliphatic heterocycles. The predicted octanol–water partition coefficient (Wildman–Crippen LogP) is 2.17. The van der Waals surface area contributed by atoms with Crippen molar-refractivity contribution in [1.29, 1.82) is 0 Å². The van der Waals surface area contributed by atoms with Gasteiger partial charge in [-0.2, -0.15) is 0 Å². The second kappa shape index (κ2) is 4.35. The highest BCUT2D eigenvalue weighted by atomic mass is 79.9. The molecule has 18 heavy (non-hydrogen) atoms. The summed E-state index contributed by atoms with van der Waals surface area (Å²) in [4.78, 5) is 31.5. The van der Waals surface area contributed by atoms with Crippen molar-refractivity contribution >= 4 is 33.6 Å². The Labute approximate surface area is 113 Å². The van der Waals surface area contributed by atoms with Gasteiger partial charge in [-0.05, 0) is 41.3 Å². The molecule has 0 spiro atoms. The van der Waals surface area contributed by atoms with Crippen LogP contribution < -0.4 is 4.90 Å². The first kappa shape index (κ1) is 11.6. The van der Waals surface area contributed by atoms with Gasteiger partial charge < -0.3 is 4.90 Å². The topological polar surface area (TPSA) is 53.5 Å². The zero-order valence-electron chi connectivity index (χ0n) is 9.67. The molecule has 3 rings (SSSR count). The standard InChI is InChI=1S/C12H12BrN3O2/c13-8-5-9(7-14-6-8)16-11(17)10-3-1-2-4-15(10)12(16)18/h5-7,10H,1-4H2/t10-/m1/s1. The van der Waals surface area contributed by atoms with Gasteiger partial charge in [0.1, 0.15) is 6.04 Å². The maximum Gasteiger partial charge on any atom is 0.332 e. The van der Waals surface area contributed by atoms with Crippen molar-refractivity contribution in [2.75, 3.05) is 11.4 Å². The monoisotopic (exact) mass is 309 g/mol. The molecule has 2 aliphatic rings. The fourth-order valence-electron chi connectivity index (χ4n) is 2.55. The maximum absolute atomic E-state index is 12.3. The normalized spacial score (nSPS) is 23.5. The molecule has 6 heteroatoms. The van der Waals surface area contributed by atoms with Crippen LogP contribution in [0.1, 0.15) is 19.3 Å². The summed E-state index contributed by atoms with van der Waals surface area (Å²) in [6.07, 6.45) is 5.91. The third-order valence-electron chi connectivity index (χ3n) is 3.39. The van der Waals surface area contributed by atoms with E-state index in [2.05, 4.69) is 20.9 Å². The van der Waals surface area contributed by atoms with Gasteiger partial charge in [0.15, 0.2) is 0 Å². The van der Waals surface area contributed by atoms with Crippen molar-refractivity contribution in [3.05, 3.63) is 22.9 Å². The number of imide groups is 1. The fourth-order valence-corrected chi connectivity index (χ4v) is 2.90. The van der Waals surface area contributed by atoms with Gasteiger partial charge in [0, 0.05) is 17.2 Å². The number of fused-ring (bicyclic) bond motifs is 1. The molecule has 0 aliphatic carbocycles. The number of anilines is 1. The summed E-state index contributed by atoms with van der Waals surface area (Å²) in [7, 11) is 0. The SMILES string of the molecule is O=C1[C@H]2CCCCN2C(=O)N1c1cncc(Br)c1. The molecule has 0 saturated carbocycles. The summed E-state index contributed by atoms with van der Waals surface area (Å²) in [5.41, 5.74) is 0.536. The molecule has 0 radical (unpaired) electrons. The summed E-state index contributed by atoms with van der Waals surface area (Å²) in [5.74, 6) is -0.125. The molecular weight excluding hydrogens is 298 g/mol. The van der Waals surface area contributed by atoms with Gasteiger partial charge in [-0.1, -0.05) is 0 Å². The molecule has 0 unspecified atom stereocenters. The number of pyridine rings is 1. The lowest BCUT2D eigenvalue weighted by Crippen LogP contribution is -2.39. The number of rotatable bonds is 1. The first-order chi connectivity index (χ1) is 8.68. The van der Waals surface area contributed by atoms with Crippen molar-refractivity contribution in [2.45, 2.75) is 25.3 Å². The van der Waals surface area contributed by atoms with Crippen molar-refractivity contribution < 1.29 is 9.59 Å². The van der Waals surface area contributed by atoms with Gasteiger partial charge >= 0.3 is 6.03 Å². The number of urea groups is 1. The predicted molar refractivity (Wildman–Crippen MR) is 69.2 cm³/mol. The average Bonchev–Trinajstić information content (AvgIpc) is 2.63. The highest BCUT2D eigenvalue weighted by molar-refractivity contribution is 9.10. The van der Waals surface area contributed by atoms with Crippen LogP contribution in [0.5, 0.6) is 0 Å². The average molecular weight is 310 g/mol. The third-order valence-corrected chi connectivity index (χ3v) is 3.83. The van der Waals surface area contributed by atoms with Gasteiger partial charge in [-0.25, -0.2) is 9.69 Å². The van der Waals surface area contributed by atoms with E-state index in [9.17, 15) is 9.59 Å². The molecule has 3 amide bonds. The van der Waals surface area contributed by atoms with Crippen LogP contribution in [0.4, 0.5) is 10.5 Å². The van der Waals surface area contributed by atoms with Gasteiger partial charge in [-0.15, -0.1) is 0 Å². The van der Waals surface area contributed by atoms with Crippen LogP contribution >= 0.6 is 15.9 Å². The lowest BCUT2D eigenvalue weighted by atomic mass is 10.0. The minimum atomic E-state index is -0.273. The second-order valence-corrected chi connectivity index (χ2v) is 5.44. The molecule has 1 atom stereocenters. The summed E-state index contributed by atoms with van der Waals surface area (Å²) in [6, 6.07) is 1.25. The zero-order valence-corrected chi connectivity index (χ0v) is 11.3. The highest BCUT2D eigenvalue weighted by Crippen LogP contribution is 2.31. The quantitative estimate of drug-likeness (QED) is 0.747. The van der Waals surface area contributed by atoms with Gasteiger partial charge in [-0.3, -0.25) is 9.78 Å². The number of piperidine rings is 1. The van der Waals surface area contributed by atoms with E-state index in [-0.39, 0.29) is 18.0 Å². The smallest absolute Gasteiger partial charge is 0.312 e. The molecule has 2 fully saturated rings. The van der Waals surface area contributed by atoms with Crippen LogP contribution in [0.2, 0.25) is 0 Å². The van der Waals surface area contributed by atoms with Crippen LogP contribution in [0.25, 0.3) is 0 Å². The van der Waals surface area contributed by atoms with Crippen molar-refractivity contribution in [1.82, 2.24) is 9.88 Å². The van der Waals surface area contributed by atoms with Crippen LogP contribution in [-0.2, 0) is 4.79 Å². The fraction of sp³-hybridized carbons (Fsp3) is 0.417. The van der Waals surface area contributed by atoms with E-state index in [1.807, 2.05) is 0 Å². The maximum atomic E-state index is 12.3. The number of carbonyl (C=O) groups excluding carboxylic acids is 2. The molecule has 0 bridgehead atoms. The Balaban J connectivity index is 1.97. The molecule has 1 aromatic rings. The molecule has 94 valence electrons. The largest absolute Gasteiger partial charge is 0.332 e. The van der Waals surface area contributed by atoms with E-state index >= 15 is 0 Å². The number of hydrogen-bond donors (Lipinski definition) is 0. The Morgan fingerprint density at radius 2 is 2.11 bits per heavy atom. The van der Waals surface area contributed by atoms with Crippen LogP contribution in [-0.4, -0.2) is 34.4 Å². The lowest BCUT2D eigenvalue weighted by molar-refractivity contribution is -0.120. The Morgan fingerprint density at radius 3 is 2.83 bits per heavy atom. The molecule has 1 aromatic heterocycles. The summed E-state index contributed by atoms with van der Waals surface area (Å²) in [6.45, 7) is 0.674. The molecule has 0 aromatic carbocycles. The number of amides is 3. The minimum Gasteiger partial charge on any atom is -0.312 e. The summed E-state index contributed by atoms with van der Waals surface area (Å²) in [5, 5.41) is 0. The zero-order chi connectivity index (χ0) is 12.7. The first-order valence-electron chi connectivity index (χ1n) is 5.93. The number of carbonyl (C=O) groups is 2. The van der Waals surface area contributed by atoms with E-state index in [1.54, 1.807) is 23.4 Å². The van der Waals surface area contributed by atoms with Crippen LogP contribution in [0, 0.1) is 0 Å². The molecule has 0 N–H and O–H groups in total. The van der Waals surface area contributed by atoms with E-state index in [1.165, 1.54) is 4.90 Å². The summed E-state index contributed by atoms with van der Waals surface area (Å²) < 4.78 is 0.755. The van der Waals surface area contributed by atoms with Crippen LogP contribution in [0.15, 0.2) is 22.9 Å². The first-order valence-corrected chi connectivity index (χ1v) is 6.73. The number of nitrogens with zero attached hydrogens (tertiary/aromatic N) is 3. The second-order valence-electron chi connectivity index (χ2n) is 4.52. The molecule has 5 nitrogen and oxygen atoms in total. The summed E-state index contributed by atoms with van der Waals surface area (Å²) >= 11 is 3.30. The number of aromatic nitrogens is 1. The number of hydrogen-bond acceptors (Lipinski definition) is 3. The molecular formula is C12H12BrN3O2. The van der Waals surface area contributed by atoms with Gasteiger partial charge in [0.25, 0.3) is 5.91 Å². The van der Waals surface area contributed by atoms with E-state index < -0.39 is 0 Å². The van der Waals surface area contributed by atoms with Crippen molar-refractivity contribution in [3.63, 3.8) is 0 Å². The number of halogens is 1. The van der Waals surface area contributed by atoms with Crippen molar-refractivity contribution in [3.8, 4) is 0 Å². The third kappa shape index (κ3) is 1.71. The van der Waals surface area contributed by atoms with Crippen LogP contribution in [0.3, 0.4) is 0 Å².